The quantitative estimate of drug-likeness (QED) is 0.591. The summed E-state index contributed by atoms with van der Waals surface area (Å²) >= 11 is 0. The summed E-state index contributed by atoms with van der Waals surface area (Å²) in [6.07, 6.45) is 0.120. The molecule has 32 heavy (non-hydrogen) atoms. The van der Waals surface area contributed by atoms with Gasteiger partial charge >= 0.3 is 6.18 Å². The molecule has 3 atom stereocenters. The van der Waals surface area contributed by atoms with Gasteiger partial charge in [-0.15, -0.1) is 0 Å². The third-order valence-electron chi connectivity index (χ3n) is 5.69. The summed E-state index contributed by atoms with van der Waals surface area (Å²) < 4.78 is 45.2. The molecular weight excluding hydrogens is 425 g/mol. The molecular formula is C20H21F3N8O. The summed E-state index contributed by atoms with van der Waals surface area (Å²) in [6, 6.07) is 2.44. The number of rotatable bonds is 4. The molecule has 0 spiro atoms. The van der Waals surface area contributed by atoms with Gasteiger partial charge < -0.3 is 20.3 Å². The Balaban J connectivity index is 1.30. The lowest BCUT2D eigenvalue weighted by molar-refractivity contribution is -0.141. The number of aryl methyl sites for hydroxylation is 1. The van der Waals surface area contributed by atoms with E-state index in [0.29, 0.717) is 18.2 Å². The Morgan fingerprint density at radius 2 is 2.03 bits per heavy atom. The highest BCUT2D eigenvalue weighted by molar-refractivity contribution is 5.72. The van der Waals surface area contributed by atoms with Crippen LogP contribution in [0.4, 0.5) is 30.6 Å². The van der Waals surface area contributed by atoms with E-state index in [1.165, 1.54) is 10.7 Å². The maximum Gasteiger partial charge on any atom is 0.433 e. The summed E-state index contributed by atoms with van der Waals surface area (Å²) in [5, 5.41) is 10.8. The number of nitrogens with one attached hydrogen (secondary N) is 2. The van der Waals surface area contributed by atoms with Crippen LogP contribution < -0.4 is 15.5 Å². The van der Waals surface area contributed by atoms with Gasteiger partial charge in [-0.3, -0.25) is 0 Å². The molecule has 5 heterocycles. The first-order chi connectivity index (χ1) is 15.2. The topological polar surface area (TPSA) is 96.3 Å². The van der Waals surface area contributed by atoms with Gasteiger partial charge in [-0.2, -0.15) is 23.3 Å². The molecule has 0 aliphatic carbocycles. The maximum absolute atomic E-state index is 12.7. The molecule has 9 nitrogen and oxygen atoms in total. The monoisotopic (exact) mass is 446 g/mol. The smallest absolute Gasteiger partial charge is 0.353 e. The Morgan fingerprint density at radius 3 is 2.75 bits per heavy atom. The van der Waals surface area contributed by atoms with E-state index >= 15 is 0 Å². The van der Waals surface area contributed by atoms with Gasteiger partial charge in [-0.25, -0.2) is 14.6 Å². The third kappa shape index (κ3) is 3.70. The molecule has 0 amide bonds. The number of aromatic nitrogens is 5. The van der Waals surface area contributed by atoms with Gasteiger partial charge in [0, 0.05) is 25.4 Å². The van der Waals surface area contributed by atoms with Crippen molar-refractivity contribution in [2.45, 2.75) is 44.9 Å². The van der Waals surface area contributed by atoms with Crippen LogP contribution in [0.25, 0.3) is 5.69 Å². The van der Waals surface area contributed by atoms with Crippen LogP contribution in [0.5, 0.6) is 0 Å². The molecule has 0 bridgehead atoms. The average Bonchev–Trinajstić information content (AvgIpc) is 3.38. The second kappa shape index (κ2) is 7.33. The van der Waals surface area contributed by atoms with Crippen molar-refractivity contribution < 1.29 is 17.9 Å². The van der Waals surface area contributed by atoms with Crippen LogP contribution in [0.3, 0.4) is 0 Å². The predicted molar refractivity (Wildman–Crippen MR) is 111 cm³/mol. The summed E-state index contributed by atoms with van der Waals surface area (Å²) in [7, 11) is 1.98. The first-order valence-electron chi connectivity index (χ1n) is 10.1. The van der Waals surface area contributed by atoms with Crippen molar-refractivity contribution in [2.75, 3.05) is 22.6 Å². The van der Waals surface area contributed by atoms with Gasteiger partial charge in [0.2, 0.25) is 5.95 Å². The van der Waals surface area contributed by atoms with Gasteiger partial charge in [-0.1, -0.05) is 0 Å². The number of anilines is 3. The van der Waals surface area contributed by atoms with Gasteiger partial charge in [-0.05, 0) is 26.0 Å². The molecule has 168 valence electrons. The Bertz CT molecular complexity index is 1150. The van der Waals surface area contributed by atoms with E-state index < -0.39 is 11.9 Å². The van der Waals surface area contributed by atoms with E-state index in [1.54, 1.807) is 12.4 Å². The highest BCUT2D eigenvalue weighted by Crippen LogP contribution is 2.40. The van der Waals surface area contributed by atoms with E-state index in [1.807, 2.05) is 14.0 Å². The SMILES string of the molecule is Cc1nc(NCc2cnn(-c3ccc(C(F)(F)F)nc3)c2)nc2c1NC1OC1[C@H](C)N2C. The molecule has 2 N–H and O–H groups in total. The number of alkyl halides is 3. The highest BCUT2D eigenvalue weighted by atomic mass is 19.4. The third-order valence-corrected chi connectivity index (χ3v) is 5.69. The first-order valence-corrected chi connectivity index (χ1v) is 10.1. The van der Waals surface area contributed by atoms with Crippen molar-refractivity contribution in [3.8, 4) is 5.69 Å². The lowest BCUT2D eigenvalue weighted by Crippen LogP contribution is -2.34. The molecule has 0 aromatic carbocycles. The zero-order valence-electron chi connectivity index (χ0n) is 17.6. The fourth-order valence-electron chi connectivity index (χ4n) is 3.69. The molecule has 2 unspecified atom stereocenters. The molecule has 0 radical (unpaired) electrons. The first kappa shape index (κ1) is 20.5. The van der Waals surface area contributed by atoms with Gasteiger partial charge in [0.25, 0.3) is 0 Å². The number of likely N-dealkylation sites (N-methyl/N-ethyl adjacent to an activating group) is 1. The van der Waals surface area contributed by atoms with Crippen molar-refractivity contribution in [3.05, 3.63) is 47.7 Å². The number of hydrogen-bond donors (Lipinski definition) is 2. The van der Waals surface area contributed by atoms with Crippen LogP contribution in [0.2, 0.25) is 0 Å². The molecule has 1 saturated heterocycles. The van der Waals surface area contributed by atoms with Crippen molar-refractivity contribution in [2.24, 2.45) is 0 Å². The van der Waals surface area contributed by atoms with Crippen LogP contribution in [0.1, 0.15) is 23.9 Å². The Labute approximate surface area is 181 Å². The zero-order valence-corrected chi connectivity index (χ0v) is 17.6. The van der Waals surface area contributed by atoms with Crippen LogP contribution in [-0.4, -0.2) is 50.2 Å². The van der Waals surface area contributed by atoms with Crippen LogP contribution in [-0.2, 0) is 17.5 Å². The van der Waals surface area contributed by atoms with Crippen molar-refractivity contribution in [3.63, 3.8) is 0 Å². The molecule has 3 aromatic rings. The number of nitrogens with zero attached hydrogens (tertiary/aromatic N) is 6. The molecule has 1 fully saturated rings. The number of pyridine rings is 1. The van der Waals surface area contributed by atoms with Gasteiger partial charge in [0.1, 0.15) is 17.5 Å². The van der Waals surface area contributed by atoms with Gasteiger partial charge in [0.05, 0.1) is 29.8 Å². The fraction of sp³-hybridized carbons (Fsp3) is 0.400. The molecule has 5 rings (SSSR count). The van der Waals surface area contributed by atoms with E-state index in [4.69, 9.17) is 4.74 Å². The largest absolute Gasteiger partial charge is 0.433 e. The Hall–Kier alpha value is -3.41. The summed E-state index contributed by atoms with van der Waals surface area (Å²) in [5.41, 5.74) is 1.97. The predicted octanol–water partition coefficient (Wildman–Crippen LogP) is 2.97. The molecule has 3 aromatic heterocycles. The van der Waals surface area contributed by atoms with Crippen LogP contribution in [0.15, 0.2) is 30.7 Å². The van der Waals surface area contributed by atoms with Crippen molar-refractivity contribution in [1.29, 1.82) is 0 Å². The second-order valence-electron chi connectivity index (χ2n) is 7.89. The Morgan fingerprint density at radius 1 is 1.22 bits per heavy atom. The minimum Gasteiger partial charge on any atom is -0.353 e. The van der Waals surface area contributed by atoms with E-state index in [0.717, 1.165) is 35.0 Å². The number of fused-ring (bicyclic) bond motifs is 2. The minimum atomic E-state index is -4.47. The lowest BCUT2D eigenvalue weighted by Gasteiger charge is -2.25. The lowest BCUT2D eigenvalue weighted by atomic mass is 10.2. The number of hydrogen-bond acceptors (Lipinski definition) is 8. The molecule has 12 heteroatoms. The summed E-state index contributed by atoms with van der Waals surface area (Å²) in [5.74, 6) is 1.28. The summed E-state index contributed by atoms with van der Waals surface area (Å²) in [4.78, 5) is 14.8. The van der Waals surface area contributed by atoms with Crippen LogP contribution >= 0.6 is 0 Å². The number of ether oxygens (including phenoxy) is 1. The zero-order chi connectivity index (χ0) is 22.6. The van der Waals surface area contributed by atoms with E-state index in [-0.39, 0.29) is 18.4 Å². The minimum absolute atomic E-state index is 0.0136. The average molecular weight is 446 g/mol. The summed E-state index contributed by atoms with van der Waals surface area (Å²) in [6.45, 7) is 4.40. The van der Waals surface area contributed by atoms with Gasteiger partial charge in [0.15, 0.2) is 12.0 Å². The molecule has 2 aliphatic heterocycles. The Kier molecular flexibility index (Phi) is 4.69. The highest BCUT2D eigenvalue weighted by Gasteiger charge is 2.48. The van der Waals surface area contributed by atoms with E-state index in [2.05, 4.69) is 42.5 Å². The fourth-order valence-corrected chi connectivity index (χ4v) is 3.69. The molecule has 2 aliphatic rings. The van der Waals surface area contributed by atoms with Crippen molar-refractivity contribution >= 4 is 17.5 Å². The normalized spacial score (nSPS) is 21.9. The van der Waals surface area contributed by atoms with E-state index in [9.17, 15) is 13.2 Å². The van der Waals surface area contributed by atoms with Crippen LogP contribution in [0, 0.1) is 6.92 Å². The van der Waals surface area contributed by atoms with Crippen molar-refractivity contribution in [1.82, 2.24) is 24.7 Å². The number of halogens is 3. The maximum atomic E-state index is 12.7. The standard InChI is InChI=1S/C20H21F3N8O/c1-10-15-17(30(3)11(2)16-18(28-15)32-16)29-19(27-10)25-6-12-7-26-31(9-12)13-4-5-14(24-8-13)20(21,22)23/h4-5,7-9,11,16,18,28H,6H2,1-3H3,(H,25,27,29)/t11-,16?,18?/m0/s1. The molecule has 0 saturated carbocycles. The number of epoxide rings is 1. The second-order valence-corrected chi connectivity index (χ2v) is 7.89.